The number of carbonyl (C=O) groups is 1. The molecule has 1 aliphatic heterocycles. The standard InChI is InChI=1S/C16H22ClNO.C16H24ClN.C15H22ClN.C15H19ClN.C11H10ClN.C4H7BO.C4H9.C3H3B.CH4O.3CH4.B.2BrH.ClH.2Mg.Na.H/c1-12(2)10-15(18-11-19)16(8-3-9-16)13-4-6-14(17)7-5-13;1-12(2)11-15(18-3)16(9-4-10-16)13-5-7-14(17)8-6-13;2*1-11(2)10-14(17)15(8-3-9-15)12-4-6-13(16)7-5-12;12-10-4-2-9(3-5-10)11(8-13)6-1-7-11;5-4-2-1-3-6-4;1-4(2)3;1-2-3-4;1-2;;;;;;;;;;;/h4-7,11-12,15H,3,8-10H2,1-2H3,(H,18,19);5-8,12,15,18H,4,9-11H2,1-3H3;4-7,11,14H,3,8-10,17H2,1-2H3;4-7,11H,3,8-10H2,1-2H3;2-5H,1,6-7H2;4H,1-3H2;4H,1H2,2-3H3;1H3;2H,1H3;3*1H4;;3*1H;;;;/q;;;-1;;;-1;;;;;;;;;;2*+2;+1;-1/p-2. The zero-order chi connectivity index (χ0) is 74.7. The molecule has 0 aromatic heterocycles. The van der Waals surface area contributed by atoms with E-state index in [9.17, 15) is 10.2 Å². The average molecular weight is 1790 g/mol. The largest absolute Gasteiger partial charge is 2.00 e. The van der Waals surface area contributed by atoms with Crippen molar-refractivity contribution in [1.29, 1.82) is 5.26 Å². The minimum atomic E-state index is -0.204. The maximum atomic E-state index is 10.9. The van der Waals surface area contributed by atoms with Crippen LogP contribution in [0.4, 0.5) is 0 Å². The fourth-order valence-electron chi connectivity index (χ4n) is 14.4. The van der Waals surface area contributed by atoms with E-state index in [1.165, 1.54) is 80.0 Å². The topological polar surface area (TPSA) is 143 Å². The summed E-state index contributed by atoms with van der Waals surface area (Å²) in [6.07, 6.45) is 24.9. The van der Waals surface area contributed by atoms with E-state index >= 15 is 0 Å². The fourth-order valence-corrected chi connectivity index (χ4v) is 15.0. The fraction of sp³-hybridized carbons (Fsp3) is 0.591. The average Bonchev–Trinajstić information content (AvgIpc) is 0.947. The first-order chi connectivity index (χ1) is 47.6. The Balaban J connectivity index is -0.000000156. The van der Waals surface area contributed by atoms with Gasteiger partial charge in [0.1, 0.15) is 7.85 Å². The number of rotatable bonds is 20. The molecule has 599 valence electrons. The number of hydrogen-bond acceptors (Lipinski definition) is 6. The van der Waals surface area contributed by atoms with Gasteiger partial charge in [-0.05, 0) is 234 Å². The molecule has 0 spiro atoms. The van der Waals surface area contributed by atoms with Crippen LogP contribution < -0.4 is 79.9 Å². The van der Waals surface area contributed by atoms with Crippen molar-refractivity contribution in [3.05, 3.63) is 187 Å². The van der Waals surface area contributed by atoms with Gasteiger partial charge in [-0.15, -0.1) is 18.3 Å². The summed E-state index contributed by atoms with van der Waals surface area (Å²) in [5.74, 6) is 7.68. The summed E-state index contributed by atoms with van der Waals surface area (Å²) in [7, 11) is 13.1. The molecule has 6 fully saturated rings. The minimum Gasteiger partial charge on any atom is -1.00 e. The third-order valence-electron chi connectivity index (χ3n) is 20.5. The molecule has 0 bridgehead atoms. The predicted molar refractivity (Wildman–Crippen MR) is 479 cm³/mol. The Morgan fingerprint density at radius 3 is 1.11 bits per heavy atom. The third-order valence-corrected chi connectivity index (χ3v) is 21.7. The van der Waals surface area contributed by atoms with Gasteiger partial charge in [0.05, 0.1) is 11.5 Å². The van der Waals surface area contributed by atoms with Crippen molar-refractivity contribution in [1.82, 2.24) is 10.6 Å². The predicted octanol–water partition coefficient (Wildman–Crippen LogP) is 14.4. The maximum Gasteiger partial charge on any atom is 2.00 e. The van der Waals surface area contributed by atoms with Crippen molar-refractivity contribution in [2.75, 3.05) is 20.8 Å². The zero-order valence-corrected chi connectivity index (χ0v) is 79.6. The first-order valence-corrected chi connectivity index (χ1v) is 38.6. The second kappa shape index (κ2) is 65.4. The molecule has 4 unspecified atom stereocenters. The Morgan fingerprint density at radius 2 is 0.891 bits per heavy atom. The summed E-state index contributed by atoms with van der Waals surface area (Å²) in [6, 6.07) is 44.0. The van der Waals surface area contributed by atoms with Crippen molar-refractivity contribution in [2.24, 2.45) is 35.3 Å². The Kier molecular flexibility index (Phi) is 74.4. The van der Waals surface area contributed by atoms with Crippen LogP contribution in [0, 0.1) is 59.6 Å². The van der Waals surface area contributed by atoms with Crippen molar-refractivity contribution in [3.8, 4) is 17.8 Å². The van der Waals surface area contributed by atoms with Crippen molar-refractivity contribution in [3.63, 3.8) is 0 Å². The van der Waals surface area contributed by atoms with Gasteiger partial charge in [0.25, 0.3) is 0 Å². The van der Waals surface area contributed by atoms with E-state index < -0.39 is 0 Å². The summed E-state index contributed by atoms with van der Waals surface area (Å²) in [6.45, 7) is 28.1. The van der Waals surface area contributed by atoms with Crippen LogP contribution in [-0.2, 0) is 36.6 Å². The Bertz CT molecular complexity index is 3220. The number of likely N-dealkylation sites (N-methyl/N-ethyl adjacent to an activating group) is 1. The maximum absolute atomic E-state index is 10.9. The van der Waals surface area contributed by atoms with E-state index in [4.69, 9.17) is 86.7 Å². The van der Waals surface area contributed by atoms with E-state index in [2.05, 4.69) is 168 Å². The second-order valence-corrected chi connectivity index (χ2v) is 32.3. The van der Waals surface area contributed by atoms with Crippen LogP contribution in [0.25, 0.3) is 5.41 Å². The molecule has 8 nitrogen and oxygen atoms in total. The smallest absolute Gasteiger partial charge is 1.00 e. The molecule has 6 aliphatic rings. The number of benzene rings is 5. The normalized spacial score (nSPS) is 16.9. The monoisotopic (exact) mass is 1780 g/mol. The Hall–Kier alpha value is -0.443. The summed E-state index contributed by atoms with van der Waals surface area (Å²) in [5.41, 5.74) is 13.9. The molecule has 11 rings (SSSR count). The van der Waals surface area contributed by atoms with Gasteiger partial charge in [0, 0.05) is 87.6 Å². The van der Waals surface area contributed by atoms with Gasteiger partial charge in [-0.1, -0.05) is 242 Å². The SMILES string of the molecule is C.C.C.CC(C)CC(=[N-])C1(c2ccc(Cl)cc2)CCC1.CC(C)CC(N)C1(c2ccc(Cl)cc2)CCC1.CC(C)CC(NC=O)C1(c2ccc(Cl)cc2)CCC1.CNC(CC(C)C)C1(c2ccc(Cl)cc2)CCC1.CO.Cl.N#CC1(c2ccc(Cl)cc2)CCC1.[B].[B]C#CC.[B]C1CCCO1.[Br-].[Br-].[CH2-]C(C)C.[H-].[Mg+2].[Mg+2].[Na+]. The van der Waals surface area contributed by atoms with Crippen LogP contribution in [0.5, 0.6) is 0 Å². The number of hydrogen-bond donors (Lipinski definition) is 4. The van der Waals surface area contributed by atoms with Crippen LogP contribution in [0.1, 0.15) is 263 Å². The molecule has 5 aliphatic carbocycles. The number of aliphatic hydroxyl groups excluding tert-OH is 1. The van der Waals surface area contributed by atoms with Crippen molar-refractivity contribution in [2.45, 2.75) is 284 Å². The molecule has 110 heavy (non-hydrogen) atoms. The molecule has 1 saturated heterocycles. The van der Waals surface area contributed by atoms with Crippen LogP contribution in [0.3, 0.4) is 0 Å². The van der Waals surface area contributed by atoms with Crippen LogP contribution in [-0.4, -0.2) is 132 Å². The van der Waals surface area contributed by atoms with E-state index in [0.29, 0.717) is 40.8 Å². The third kappa shape index (κ3) is 39.6. The molecule has 5 N–H and O–H groups in total. The number of halogens is 8. The van der Waals surface area contributed by atoms with Crippen LogP contribution >= 0.6 is 70.4 Å². The van der Waals surface area contributed by atoms with Gasteiger partial charge >= 0.3 is 75.7 Å². The van der Waals surface area contributed by atoms with E-state index in [-0.39, 0.29) is 194 Å². The van der Waals surface area contributed by atoms with E-state index in [1.54, 1.807) is 6.92 Å². The summed E-state index contributed by atoms with van der Waals surface area (Å²) in [4.78, 5) is 10.9. The number of carbonyl (C=O) groups excluding carboxylic acids is 1. The first-order valence-electron chi connectivity index (χ1n) is 36.7. The van der Waals surface area contributed by atoms with Gasteiger partial charge in [0.2, 0.25) is 6.41 Å². The molecule has 5 saturated carbocycles. The van der Waals surface area contributed by atoms with Gasteiger partial charge in [-0.25, -0.2) is 0 Å². The van der Waals surface area contributed by atoms with E-state index in [0.717, 1.165) is 134 Å². The van der Waals surface area contributed by atoms with Crippen LogP contribution in [0.15, 0.2) is 121 Å². The number of aliphatic hydroxyl groups is 1. The second-order valence-electron chi connectivity index (χ2n) is 30.1. The number of nitrogens with two attached hydrogens (primary N) is 1. The molecule has 5 aromatic rings. The molecule has 5 aromatic carbocycles. The summed E-state index contributed by atoms with van der Waals surface area (Å²) >= 11 is 29.6. The van der Waals surface area contributed by atoms with Gasteiger partial charge in [-0.2, -0.15) is 22.7 Å². The Labute approximate surface area is 784 Å². The van der Waals surface area contributed by atoms with Gasteiger partial charge in [0.15, 0.2) is 7.85 Å². The first kappa shape index (κ1) is 125. The molecule has 1 heterocycles. The van der Waals surface area contributed by atoms with Crippen LogP contribution in [0.2, 0.25) is 25.1 Å². The molecular weight excluding hydrogens is 1650 g/mol. The van der Waals surface area contributed by atoms with Gasteiger partial charge < -0.3 is 73.9 Å². The summed E-state index contributed by atoms with van der Waals surface area (Å²) in [5, 5.41) is 37.0. The molecular formula is C88H134B3Br2Cl6Mg2N5NaO3. The molecule has 4 atom stereocenters. The number of nitriles is 1. The van der Waals surface area contributed by atoms with Crippen molar-refractivity contribution < 1.29 is 79.6 Å². The number of amides is 1. The number of nitrogens with one attached hydrogen (secondary N) is 2. The minimum absolute atomic E-state index is 0. The quantitative estimate of drug-likeness (QED) is 0.0201. The van der Waals surface area contributed by atoms with Crippen molar-refractivity contribution >= 4 is 153 Å². The molecule has 1 amide bonds. The number of nitrogens with zero attached hydrogens (tertiary/aromatic N) is 2. The summed E-state index contributed by atoms with van der Waals surface area (Å²) < 4.78 is 4.93. The molecule has 7 radical (unpaired) electrons. The Morgan fingerprint density at radius 1 is 0.591 bits per heavy atom. The molecule has 22 heteroatoms. The zero-order valence-electron chi connectivity index (χ0n) is 68.0. The van der Waals surface area contributed by atoms with Gasteiger partial charge in [-0.3, -0.25) is 4.79 Å². The van der Waals surface area contributed by atoms with E-state index in [1.807, 2.05) is 72.8 Å². The number of ether oxygens (including phenoxy) is 1.